The van der Waals surface area contributed by atoms with Crippen molar-refractivity contribution in [2.75, 3.05) is 26.2 Å². The lowest BCUT2D eigenvalue weighted by Crippen LogP contribution is -2.36. The first-order valence-electron chi connectivity index (χ1n) is 10.5. The van der Waals surface area contributed by atoms with Crippen molar-refractivity contribution in [1.82, 2.24) is 9.21 Å². The van der Waals surface area contributed by atoms with Crippen LogP contribution in [0.4, 0.5) is 0 Å². The molecule has 0 aliphatic carbocycles. The highest BCUT2D eigenvalue weighted by Crippen LogP contribution is 2.29. The summed E-state index contributed by atoms with van der Waals surface area (Å²) in [6.45, 7) is 4.70. The van der Waals surface area contributed by atoms with E-state index in [0.717, 1.165) is 51.6 Å². The Balaban J connectivity index is 1.79. The molecule has 28 heavy (non-hydrogen) atoms. The van der Waals surface area contributed by atoms with Gasteiger partial charge in [0, 0.05) is 31.7 Å². The second-order valence-electron chi connectivity index (χ2n) is 7.99. The van der Waals surface area contributed by atoms with Crippen LogP contribution in [0.2, 0.25) is 5.02 Å². The maximum absolute atomic E-state index is 13.1. The van der Waals surface area contributed by atoms with Crippen LogP contribution >= 0.6 is 11.6 Å². The Bertz CT molecular complexity index is 791. The van der Waals surface area contributed by atoms with Crippen molar-refractivity contribution in [2.24, 2.45) is 5.92 Å². The van der Waals surface area contributed by atoms with Crippen molar-refractivity contribution in [2.45, 2.75) is 63.2 Å². The summed E-state index contributed by atoms with van der Waals surface area (Å²) >= 11 is 6.24. The number of carbonyl (C=O) groups excluding carboxylic acids is 1. The molecule has 1 aromatic carbocycles. The third kappa shape index (κ3) is 4.89. The predicted molar refractivity (Wildman–Crippen MR) is 112 cm³/mol. The van der Waals surface area contributed by atoms with Crippen LogP contribution in [0.25, 0.3) is 0 Å². The third-order valence-corrected chi connectivity index (χ3v) is 8.32. The van der Waals surface area contributed by atoms with E-state index in [0.29, 0.717) is 24.6 Å². The molecule has 2 saturated heterocycles. The summed E-state index contributed by atoms with van der Waals surface area (Å²) in [6.07, 6.45) is 8.34. The molecule has 1 aromatic rings. The summed E-state index contributed by atoms with van der Waals surface area (Å²) in [5, 5.41) is 0.181. The van der Waals surface area contributed by atoms with Crippen molar-refractivity contribution in [3.8, 4) is 0 Å². The first-order chi connectivity index (χ1) is 13.4. The number of hydrogen-bond acceptors (Lipinski definition) is 3. The maximum Gasteiger partial charge on any atom is 0.253 e. The topological polar surface area (TPSA) is 57.7 Å². The Morgan fingerprint density at radius 2 is 1.82 bits per heavy atom. The number of benzene rings is 1. The van der Waals surface area contributed by atoms with Gasteiger partial charge in [-0.2, -0.15) is 4.31 Å². The fourth-order valence-electron chi connectivity index (χ4n) is 4.33. The lowest BCUT2D eigenvalue weighted by Gasteiger charge is -2.26. The molecule has 0 N–H and O–H groups in total. The monoisotopic (exact) mass is 426 g/mol. The summed E-state index contributed by atoms with van der Waals surface area (Å²) in [5.41, 5.74) is 0.411. The van der Waals surface area contributed by atoms with Crippen molar-refractivity contribution in [1.29, 1.82) is 0 Å². The predicted octanol–water partition coefficient (Wildman–Crippen LogP) is 4.56. The Morgan fingerprint density at radius 1 is 1.07 bits per heavy atom. The normalized spacial score (nSPS) is 22.1. The van der Waals surface area contributed by atoms with Crippen LogP contribution < -0.4 is 0 Å². The Hall–Kier alpha value is -1.11. The largest absolute Gasteiger partial charge is 0.339 e. The number of likely N-dealkylation sites (tertiary alicyclic amines) is 1. The van der Waals surface area contributed by atoms with Crippen LogP contribution in [0.1, 0.15) is 68.6 Å². The van der Waals surface area contributed by atoms with E-state index in [1.54, 1.807) is 12.1 Å². The lowest BCUT2D eigenvalue weighted by atomic mass is 9.96. The van der Waals surface area contributed by atoms with Crippen LogP contribution in [-0.4, -0.2) is 49.7 Å². The minimum atomic E-state index is -3.67. The molecule has 2 aliphatic heterocycles. The van der Waals surface area contributed by atoms with Crippen molar-refractivity contribution >= 4 is 27.5 Å². The van der Waals surface area contributed by atoms with Gasteiger partial charge in [-0.15, -0.1) is 0 Å². The molecule has 2 fully saturated rings. The van der Waals surface area contributed by atoms with E-state index in [4.69, 9.17) is 11.6 Å². The van der Waals surface area contributed by atoms with Crippen molar-refractivity contribution < 1.29 is 13.2 Å². The Kier molecular flexibility index (Phi) is 7.40. The van der Waals surface area contributed by atoms with E-state index in [-0.39, 0.29) is 15.8 Å². The molecule has 0 spiro atoms. The molecule has 156 valence electrons. The van der Waals surface area contributed by atoms with Gasteiger partial charge in [0.2, 0.25) is 10.0 Å². The van der Waals surface area contributed by atoms with E-state index in [1.165, 1.54) is 23.2 Å². The SMILES string of the molecule is CCCC1CCCN(C(=O)c2ccc(Cl)c(S(=O)(=O)N3CCCCC3)c2)CC1. The molecular weight excluding hydrogens is 396 g/mol. The zero-order chi connectivity index (χ0) is 20.1. The number of piperidine rings is 1. The van der Waals surface area contributed by atoms with Gasteiger partial charge in [-0.05, 0) is 56.2 Å². The van der Waals surface area contributed by atoms with Gasteiger partial charge in [-0.25, -0.2) is 8.42 Å². The lowest BCUT2D eigenvalue weighted by molar-refractivity contribution is 0.0759. The highest BCUT2D eigenvalue weighted by molar-refractivity contribution is 7.89. The summed E-state index contributed by atoms with van der Waals surface area (Å²) in [7, 11) is -3.67. The molecule has 3 rings (SSSR count). The molecule has 0 aromatic heterocycles. The minimum absolute atomic E-state index is 0.0561. The van der Waals surface area contributed by atoms with Gasteiger partial charge in [0.15, 0.2) is 0 Å². The van der Waals surface area contributed by atoms with Crippen molar-refractivity contribution in [3.63, 3.8) is 0 Å². The van der Waals surface area contributed by atoms with E-state index < -0.39 is 10.0 Å². The smallest absolute Gasteiger partial charge is 0.253 e. The van der Waals surface area contributed by atoms with Crippen LogP contribution in [0.15, 0.2) is 23.1 Å². The first-order valence-corrected chi connectivity index (χ1v) is 12.3. The molecule has 0 radical (unpaired) electrons. The van der Waals surface area contributed by atoms with Gasteiger partial charge in [0.25, 0.3) is 5.91 Å². The number of halogens is 1. The van der Waals surface area contributed by atoms with E-state index in [2.05, 4.69) is 6.92 Å². The second-order valence-corrected chi connectivity index (χ2v) is 10.3. The summed E-state index contributed by atoms with van der Waals surface area (Å²) < 4.78 is 27.6. The average molecular weight is 427 g/mol. The highest BCUT2D eigenvalue weighted by Gasteiger charge is 2.29. The number of carbonyl (C=O) groups is 1. The molecule has 0 saturated carbocycles. The molecule has 2 aliphatic rings. The zero-order valence-electron chi connectivity index (χ0n) is 16.7. The van der Waals surface area contributed by atoms with Gasteiger partial charge < -0.3 is 4.90 Å². The van der Waals surface area contributed by atoms with E-state index in [9.17, 15) is 13.2 Å². The van der Waals surface area contributed by atoms with Gasteiger partial charge in [0.1, 0.15) is 4.90 Å². The average Bonchev–Trinajstić information content (AvgIpc) is 2.94. The van der Waals surface area contributed by atoms with Gasteiger partial charge in [0.05, 0.1) is 5.02 Å². The molecule has 1 atom stereocenters. The number of hydrogen-bond donors (Lipinski definition) is 0. The fourth-order valence-corrected chi connectivity index (χ4v) is 6.34. The van der Waals surface area contributed by atoms with Gasteiger partial charge in [-0.3, -0.25) is 4.79 Å². The minimum Gasteiger partial charge on any atom is -0.339 e. The van der Waals surface area contributed by atoms with Crippen LogP contribution in [0.3, 0.4) is 0 Å². The molecule has 1 unspecified atom stereocenters. The summed E-state index contributed by atoms with van der Waals surface area (Å²) in [5.74, 6) is 0.590. The molecule has 1 amide bonds. The van der Waals surface area contributed by atoms with Crippen molar-refractivity contribution in [3.05, 3.63) is 28.8 Å². The van der Waals surface area contributed by atoms with Crippen LogP contribution in [0, 0.1) is 5.92 Å². The quantitative estimate of drug-likeness (QED) is 0.693. The fraction of sp³-hybridized carbons (Fsp3) is 0.667. The number of rotatable bonds is 5. The van der Waals surface area contributed by atoms with Gasteiger partial charge >= 0.3 is 0 Å². The maximum atomic E-state index is 13.1. The molecular formula is C21H31ClN2O3S. The molecule has 7 heteroatoms. The summed E-state index contributed by atoms with van der Waals surface area (Å²) in [4.78, 5) is 15.0. The zero-order valence-corrected chi connectivity index (χ0v) is 18.3. The van der Waals surface area contributed by atoms with E-state index >= 15 is 0 Å². The Morgan fingerprint density at radius 3 is 2.54 bits per heavy atom. The number of amides is 1. The number of sulfonamides is 1. The standard InChI is InChI=1S/C21H31ClN2O3S/c1-2-7-17-8-6-12-23(15-11-17)21(25)18-9-10-19(22)20(16-18)28(26,27)24-13-4-3-5-14-24/h9-10,16-17H,2-8,11-15H2,1H3. The Labute approximate surface area is 174 Å². The third-order valence-electron chi connectivity index (χ3n) is 5.94. The second kappa shape index (κ2) is 9.59. The first kappa shape index (κ1) is 21.6. The van der Waals surface area contributed by atoms with Crippen LogP contribution in [-0.2, 0) is 10.0 Å². The highest BCUT2D eigenvalue weighted by atomic mass is 35.5. The molecule has 0 bridgehead atoms. The van der Waals surface area contributed by atoms with Gasteiger partial charge in [-0.1, -0.05) is 37.8 Å². The number of nitrogens with zero attached hydrogens (tertiary/aromatic N) is 2. The molecule has 2 heterocycles. The molecule has 5 nitrogen and oxygen atoms in total. The van der Waals surface area contributed by atoms with E-state index in [1.807, 2.05) is 4.90 Å². The summed E-state index contributed by atoms with van der Waals surface area (Å²) in [6, 6.07) is 4.67. The van der Waals surface area contributed by atoms with Crippen LogP contribution in [0.5, 0.6) is 0 Å².